The summed E-state index contributed by atoms with van der Waals surface area (Å²) in [6, 6.07) is 12.6. The quantitative estimate of drug-likeness (QED) is 0.851. The highest BCUT2D eigenvalue weighted by molar-refractivity contribution is 9.10. The van der Waals surface area contributed by atoms with Crippen molar-refractivity contribution in [3.8, 4) is 5.75 Å². The molecule has 0 amide bonds. The first kappa shape index (κ1) is 11.7. The Kier molecular flexibility index (Phi) is 3.33. The van der Waals surface area contributed by atoms with Crippen LogP contribution in [0.5, 0.6) is 5.75 Å². The van der Waals surface area contributed by atoms with Crippen molar-refractivity contribution in [3.63, 3.8) is 0 Å². The van der Waals surface area contributed by atoms with E-state index < -0.39 is 0 Å². The third-order valence-electron chi connectivity index (χ3n) is 3.29. The first-order valence-electron chi connectivity index (χ1n) is 6.11. The van der Waals surface area contributed by atoms with Gasteiger partial charge >= 0.3 is 0 Å². The van der Waals surface area contributed by atoms with Gasteiger partial charge in [0.1, 0.15) is 5.75 Å². The van der Waals surface area contributed by atoms with E-state index in [4.69, 9.17) is 4.74 Å². The number of hydrogen-bond donors (Lipinski definition) is 0. The molecule has 1 aliphatic rings. The minimum atomic E-state index is 0.645. The monoisotopic (exact) mass is 303 g/mol. The maximum Gasteiger partial charge on any atom is 0.138 e. The van der Waals surface area contributed by atoms with Gasteiger partial charge in [0.25, 0.3) is 0 Å². The van der Waals surface area contributed by atoms with Gasteiger partial charge in [0.15, 0.2) is 0 Å². The van der Waals surface area contributed by atoms with E-state index in [1.165, 1.54) is 12.0 Å². The zero-order chi connectivity index (χ0) is 12.4. The molecule has 0 radical (unpaired) electrons. The van der Waals surface area contributed by atoms with Gasteiger partial charge in [0, 0.05) is 16.6 Å². The molecule has 18 heavy (non-hydrogen) atoms. The summed E-state index contributed by atoms with van der Waals surface area (Å²) in [6.07, 6.45) is 4.74. The lowest BCUT2D eigenvalue weighted by Crippen LogP contribution is -2.01. The molecule has 3 rings (SSSR count). The molecule has 92 valence electrons. The standard InChI is InChI=1S/C15H14BrNO/c16-13-7-14(9-17-8-13)18-10-12-6-15(12)11-4-2-1-3-5-11/h1-5,7-9,12,15H,6,10H2/t12-,15-/m1/s1. The van der Waals surface area contributed by atoms with Crippen LogP contribution in [0, 0.1) is 5.92 Å². The van der Waals surface area contributed by atoms with Crippen LogP contribution in [0.2, 0.25) is 0 Å². The molecule has 1 saturated carbocycles. The summed E-state index contributed by atoms with van der Waals surface area (Å²) in [5.74, 6) is 2.15. The molecule has 0 spiro atoms. The van der Waals surface area contributed by atoms with E-state index in [1.807, 2.05) is 6.07 Å². The summed E-state index contributed by atoms with van der Waals surface area (Å²) in [5.41, 5.74) is 1.43. The van der Waals surface area contributed by atoms with Gasteiger partial charge in [-0.05, 0) is 39.9 Å². The van der Waals surface area contributed by atoms with Crippen LogP contribution in [0.4, 0.5) is 0 Å². The van der Waals surface area contributed by atoms with Crippen molar-refractivity contribution in [2.45, 2.75) is 12.3 Å². The van der Waals surface area contributed by atoms with Crippen molar-refractivity contribution < 1.29 is 4.74 Å². The largest absolute Gasteiger partial charge is 0.492 e. The first-order chi connectivity index (χ1) is 8.83. The molecular weight excluding hydrogens is 290 g/mol. The minimum Gasteiger partial charge on any atom is -0.492 e. The van der Waals surface area contributed by atoms with Crippen LogP contribution in [0.1, 0.15) is 17.9 Å². The fourth-order valence-electron chi connectivity index (χ4n) is 2.21. The molecule has 1 aliphatic carbocycles. The fraction of sp³-hybridized carbons (Fsp3) is 0.267. The number of benzene rings is 1. The summed E-state index contributed by atoms with van der Waals surface area (Å²) in [5, 5.41) is 0. The number of halogens is 1. The molecule has 2 atom stereocenters. The van der Waals surface area contributed by atoms with E-state index >= 15 is 0 Å². The Morgan fingerprint density at radius 3 is 2.83 bits per heavy atom. The number of pyridine rings is 1. The van der Waals surface area contributed by atoms with E-state index in [2.05, 4.69) is 51.2 Å². The third-order valence-corrected chi connectivity index (χ3v) is 3.73. The van der Waals surface area contributed by atoms with Gasteiger partial charge in [-0.3, -0.25) is 4.98 Å². The molecule has 0 saturated heterocycles. The second-order valence-corrected chi connectivity index (χ2v) is 5.58. The molecule has 1 aromatic carbocycles. The van der Waals surface area contributed by atoms with Crippen LogP contribution in [-0.4, -0.2) is 11.6 Å². The van der Waals surface area contributed by atoms with Crippen LogP contribution in [0.25, 0.3) is 0 Å². The predicted octanol–water partition coefficient (Wildman–Crippen LogP) is 4.03. The fourth-order valence-corrected chi connectivity index (χ4v) is 2.56. The van der Waals surface area contributed by atoms with Crippen molar-refractivity contribution in [2.75, 3.05) is 6.61 Å². The van der Waals surface area contributed by atoms with Gasteiger partial charge in [-0.2, -0.15) is 0 Å². The van der Waals surface area contributed by atoms with Crippen LogP contribution in [0.3, 0.4) is 0 Å². The van der Waals surface area contributed by atoms with E-state index in [1.54, 1.807) is 12.4 Å². The van der Waals surface area contributed by atoms with Crippen LogP contribution in [-0.2, 0) is 0 Å². The Hall–Kier alpha value is -1.35. The number of hydrogen-bond acceptors (Lipinski definition) is 2. The lowest BCUT2D eigenvalue weighted by molar-refractivity contribution is 0.295. The second-order valence-electron chi connectivity index (χ2n) is 4.66. The molecular formula is C15H14BrNO. The molecule has 2 nitrogen and oxygen atoms in total. The lowest BCUT2D eigenvalue weighted by atomic mass is 10.1. The number of nitrogens with zero attached hydrogens (tertiary/aromatic N) is 1. The molecule has 0 bridgehead atoms. The highest BCUT2D eigenvalue weighted by Crippen LogP contribution is 2.47. The van der Waals surface area contributed by atoms with Crippen LogP contribution < -0.4 is 4.74 Å². The molecule has 0 N–H and O–H groups in total. The van der Waals surface area contributed by atoms with Crippen molar-refractivity contribution >= 4 is 15.9 Å². The Morgan fingerprint density at radius 2 is 2.06 bits per heavy atom. The highest BCUT2D eigenvalue weighted by atomic mass is 79.9. The number of rotatable bonds is 4. The summed E-state index contributed by atoms with van der Waals surface area (Å²) in [4.78, 5) is 4.09. The van der Waals surface area contributed by atoms with E-state index in [0.717, 1.165) is 16.8 Å². The Bertz CT molecular complexity index is 529. The molecule has 1 heterocycles. The molecule has 1 fully saturated rings. The SMILES string of the molecule is Brc1cncc(OC[C@H]2C[C@@H]2c2ccccc2)c1. The smallest absolute Gasteiger partial charge is 0.138 e. The number of ether oxygens (including phenoxy) is 1. The van der Waals surface area contributed by atoms with Gasteiger partial charge in [-0.25, -0.2) is 0 Å². The lowest BCUT2D eigenvalue weighted by Gasteiger charge is -2.05. The van der Waals surface area contributed by atoms with Gasteiger partial charge < -0.3 is 4.74 Å². The van der Waals surface area contributed by atoms with E-state index in [9.17, 15) is 0 Å². The third kappa shape index (κ3) is 2.72. The van der Waals surface area contributed by atoms with E-state index in [0.29, 0.717) is 11.8 Å². The summed E-state index contributed by atoms with van der Waals surface area (Å²) in [7, 11) is 0. The number of aromatic nitrogens is 1. The second kappa shape index (κ2) is 5.11. The van der Waals surface area contributed by atoms with E-state index in [-0.39, 0.29) is 0 Å². The maximum absolute atomic E-state index is 5.77. The van der Waals surface area contributed by atoms with Crippen LogP contribution in [0.15, 0.2) is 53.3 Å². The van der Waals surface area contributed by atoms with Gasteiger partial charge in [-0.15, -0.1) is 0 Å². The Labute approximate surface area is 115 Å². The molecule has 3 heteroatoms. The predicted molar refractivity (Wildman–Crippen MR) is 74.7 cm³/mol. The zero-order valence-corrected chi connectivity index (χ0v) is 11.5. The average molecular weight is 304 g/mol. The Morgan fingerprint density at radius 1 is 1.22 bits per heavy atom. The average Bonchev–Trinajstić information content (AvgIpc) is 3.17. The van der Waals surface area contributed by atoms with Crippen molar-refractivity contribution in [1.29, 1.82) is 0 Å². The highest BCUT2D eigenvalue weighted by Gasteiger charge is 2.38. The normalized spacial score (nSPS) is 21.6. The molecule has 0 unspecified atom stereocenters. The zero-order valence-electron chi connectivity index (χ0n) is 9.92. The van der Waals surface area contributed by atoms with Crippen LogP contribution >= 0.6 is 15.9 Å². The minimum absolute atomic E-state index is 0.645. The molecule has 1 aromatic heterocycles. The van der Waals surface area contributed by atoms with Crippen molar-refractivity contribution in [3.05, 3.63) is 58.8 Å². The summed E-state index contributed by atoms with van der Waals surface area (Å²) >= 11 is 3.39. The summed E-state index contributed by atoms with van der Waals surface area (Å²) < 4.78 is 6.72. The first-order valence-corrected chi connectivity index (χ1v) is 6.90. The maximum atomic E-state index is 5.77. The topological polar surface area (TPSA) is 22.1 Å². The summed E-state index contributed by atoms with van der Waals surface area (Å²) in [6.45, 7) is 0.775. The molecule has 2 aromatic rings. The van der Waals surface area contributed by atoms with Gasteiger partial charge in [0.2, 0.25) is 0 Å². The van der Waals surface area contributed by atoms with Gasteiger partial charge in [0.05, 0.1) is 12.8 Å². The molecule has 0 aliphatic heterocycles. The Balaban J connectivity index is 1.55. The van der Waals surface area contributed by atoms with Gasteiger partial charge in [-0.1, -0.05) is 30.3 Å². The van der Waals surface area contributed by atoms with Crippen molar-refractivity contribution in [1.82, 2.24) is 4.98 Å². The van der Waals surface area contributed by atoms with Crippen molar-refractivity contribution in [2.24, 2.45) is 5.92 Å².